The van der Waals surface area contributed by atoms with Crippen LogP contribution in [0.15, 0.2) is 0 Å². The Hall–Kier alpha value is -1.26. The maximum atomic E-state index is 12.2. The lowest BCUT2D eigenvalue weighted by molar-refractivity contribution is -0.142. The number of hydrogen-bond acceptors (Lipinski definition) is 2. The minimum atomic E-state index is -0.707. The zero-order valence-electron chi connectivity index (χ0n) is 13.2. The first-order chi connectivity index (χ1) is 9.90. The van der Waals surface area contributed by atoms with Gasteiger partial charge in [0.25, 0.3) is 0 Å². The van der Waals surface area contributed by atoms with Gasteiger partial charge >= 0.3 is 12.0 Å². The van der Waals surface area contributed by atoms with Crippen molar-refractivity contribution in [1.82, 2.24) is 10.6 Å². The van der Waals surface area contributed by atoms with Gasteiger partial charge in [0, 0.05) is 11.6 Å². The number of carbonyl (C=O) groups is 2. The number of aliphatic carboxylic acids is 1. The fourth-order valence-corrected chi connectivity index (χ4v) is 3.66. The summed E-state index contributed by atoms with van der Waals surface area (Å²) in [5.74, 6) is -0.441. The van der Waals surface area contributed by atoms with Crippen molar-refractivity contribution in [2.45, 2.75) is 76.8 Å². The van der Waals surface area contributed by atoms with Gasteiger partial charge in [0.15, 0.2) is 0 Å². The van der Waals surface area contributed by atoms with Gasteiger partial charge in [-0.1, -0.05) is 19.8 Å². The van der Waals surface area contributed by atoms with Crippen LogP contribution in [-0.2, 0) is 4.79 Å². The van der Waals surface area contributed by atoms with E-state index in [2.05, 4.69) is 24.5 Å². The molecule has 2 saturated carbocycles. The van der Waals surface area contributed by atoms with E-state index >= 15 is 0 Å². The van der Waals surface area contributed by atoms with Crippen LogP contribution < -0.4 is 10.6 Å². The van der Waals surface area contributed by atoms with Crippen LogP contribution in [0, 0.1) is 11.8 Å². The van der Waals surface area contributed by atoms with E-state index in [0.717, 1.165) is 19.3 Å². The van der Waals surface area contributed by atoms with E-state index < -0.39 is 5.97 Å². The topological polar surface area (TPSA) is 78.4 Å². The Morgan fingerprint density at radius 3 is 2.33 bits per heavy atom. The minimum Gasteiger partial charge on any atom is -0.481 e. The first kappa shape index (κ1) is 16.1. The molecular formula is C16H28N2O3. The summed E-state index contributed by atoms with van der Waals surface area (Å²) in [7, 11) is 0. The van der Waals surface area contributed by atoms with Crippen LogP contribution in [-0.4, -0.2) is 28.7 Å². The quantitative estimate of drug-likeness (QED) is 0.749. The van der Waals surface area contributed by atoms with Gasteiger partial charge in [0.1, 0.15) is 0 Å². The molecule has 2 atom stereocenters. The molecule has 0 radical (unpaired) electrons. The monoisotopic (exact) mass is 296 g/mol. The number of carbonyl (C=O) groups excluding carboxylic acids is 1. The summed E-state index contributed by atoms with van der Waals surface area (Å²) in [6.07, 6.45) is 7.47. The molecule has 5 nitrogen and oxygen atoms in total. The normalized spacial score (nSPS) is 36.8. The molecule has 2 amide bonds. The molecule has 0 bridgehead atoms. The Kier molecular flexibility index (Phi) is 5.12. The molecule has 2 unspecified atom stereocenters. The highest BCUT2D eigenvalue weighted by Gasteiger charge is 2.35. The molecule has 0 aromatic heterocycles. The summed E-state index contributed by atoms with van der Waals surface area (Å²) in [5, 5.41) is 15.2. The van der Waals surface area contributed by atoms with E-state index in [1.807, 2.05) is 0 Å². The second-order valence-electron chi connectivity index (χ2n) is 7.05. The Bertz CT molecular complexity index is 391. The van der Waals surface area contributed by atoms with E-state index in [-0.39, 0.29) is 23.5 Å². The summed E-state index contributed by atoms with van der Waals surface area (Å²) < 4.78 is 0. The van der Waals surface area contributed by atoms with E-state index in [0.29, 0.717) is 18.8 Å². The number of carboxylic acid groups (broad SMARTS) is 1. The third kappa shape index (κ3) is 4.11. The summed E-state index contributed by atoms with van der Waals surface area (Å²) in [6, 6.07) is 0.0214. The van der Waals surface area contributed by atoms with Crippen molar-refractivity contribution in [3.05, 3.63) is 0 Å². The predicted molar refractivity (Wildman–Crippen MR) is 81.1 cm³/mol. The van der Waals surface area contributed by atoms with E-state index in [9.17, 15) is 9.59 Å². The number of nitrogens with one attached hydrogen (secondary N) is 2. The minimum absolute atomic E-state index is 0.0926. The van der Waals surface area contributed by atoms with E-state index in [1.54, 1.807) is 0 Å². The van der Waals surface area contributed by atoms with Crippen molar-refractivity contribution >= 4 is 12.0 Å². The molecule has 2 aliphatic carbocycles. The van der Waals surface area contributed by atoms with Gasteiger partial charge in [-0.2, -0.15) is 0 Å². The first-order valence-electron chi connectivity index (χ1n) is 8.22. The van der Waals surface area contributed by atoms with Crippen LogP contribution >= 0.6 is 0 Å². The average Bonchev–Trinajstić information content (AvgIpc) is 2.42. The highest BCUT2D eigenvalue weighted by Crippen LogP contribution is 2.33. The fraction of sp³-hybridized carbons (Fsp3) is 0.875. The Morgan fingerprint density at radius 1 is 1.10 bits per heavy atom. The lowest BCUT2D eigenvalue weighted by Crippen LogP contribution is -2.56. The first-order valence-corrected chi connectivity index (χ1v) is 8.22. The van der Waals surface area contributed by atoms with E-state index in [4.69, 9.17) is 5.11 Å². The maximum Gasteiger partial charge on any atom is 0.315 e. The SMILES string of the molecule is CC1CCCCC1(C)NC(=O)NC1CCC(C(=O)O)CC1. The van der Waals surface area contributed by atoms with Crippen LogP contribution in [0.25, 0.3) is 0 Å². The predicted octanol–water partition coefficient (Wildman–Crippen LogP) is 2.90. The molecule has 120 valence electrons. The van der Waals surface area contributed by atoms with Crippen molar-refractivity contribution in [1.29, 1.82) is 0 Å². The second kappa shape index (κ2) is 6.67. The van der Waals surface area contributed by atoms with Crippen molar-refractivity contribution in [2.24, 2.45) is 11.8 Å². The number of rotatable bonds is 3. The van der Waals surface area contributed by atoms with Gasteiger partial charge in [-0.25, -0.2) is 4.79 Å². The highest BCUT2D eigenvalue weighted by atomic mass is 16.4. The van der Waals surface area contributed by atoms with Crippen LogP contribution in [0.3, 0.4) is 0 Å². The summed E-state index contributed by atoms with van der Waals surface area (Å²) >= 11 is 0. The molecule has 5 heteroatoms. The van der Waals surface area contributed by atoms with Crippen molar-refractivity contribution < 1.29 is 14.7 Å². The largest absolute Gasteiger partial charge is 0.481 e. The number of carboxylic acids is 1. The Morgan fingerprint density at radius 2 is 1.76 bits per heavy atom. The van der Waals surface area contributed by atoms with E-state index in [1.165, 1.54) is 19.3 Å². The molecule has 2 aliphatic rings. The van der Waals surface area contributed by atoms with Gasteiger partial charge in [0.2, 0.25) is 0 Å². The number of amides is 2. The van der Waals surface area contributed by atoms with Crippen LogP contribution in [0.5, 0.6) is 0 Å². The van der Waals surface area contributed by atoms with Gasteiger partial charge in [-0.3, -0.25) is 4.79 Å². The summed E-state index contributed by atoms with van der Waals surface area (Å²) in [4.78, 5) is 23.1. The lowest BCUT2D eigenvalue weighted by atomic mass is 9.75. The lowest BCUT2D eigenvalue weighted by Gasteiger charge is -2.41. The van der Waals surface area contributed by atoms with Gasteiger partial charge in [-0.05, 0) is 51.4 Å². The zero-order valence-corrected chi connectivity index (χ0v) is 13.2. The van der Waals surface area contributed by atoms with Crippen molar-refractivity contribution in [3.63, 3.8) is 0 Å². The molecule has 0 spiro atoms. The summed E-state index contributed by atoms with van der Waals surface area (Å²) in [6.45, 7) is 4.34. The van der Waals surface area contributed by atoms with Gasteiger partial charge in [-0.15, -0.1) is 0 Å². The molecule has 0 aromatic rings. The van der Waals surface area contributed by atoms with Crippen LogP contribution in [0.1, 0.15) is 65.2 Å². The number of hydrogen-bond donors (Lipinski definition) is 3. The Balaban J connectivity index is 1.78. The molecular weight excluding hydrogens is 268 g/mol. The maximum absolute atomic E-state index is 12.2. The average molecular weight is 296 g/mol. The third-order valence-electron chi connectivity index (χ3n) is 5.48. The smallest absolute Gasteiger partial charge is 0.315 e. The van der Waals surface area contributed by atoms with Gasteiger partial charge in [0.05, 0.1) is 5.92 Å². The molecule has 0 aliphatic heterocycles. The van der Waals surface area contributed by atoms with Crippen molar-refractivity contribution in [2.75, 3.05) is 0 Å². The fourth-order valence-electron chi connectivity index (χ4n) is 3.66. The number of urea groups is 1. The van der Waals surface area contributed by atoms with Gasteiger partial charge < -0.3 is 15.7 Å². The molecule has 21 heavy (non-hydrogen) atoms. The van der Waals surface area contributed by atoms with Crippen molar-refractivity contribution in [3.8, 4) is 0 Å². The van der Waals surface area contributed by atoms with Crippen LogP contribution in [0.2, 0.25) is 0 Å². The molecule has 0 aromatic carbocycles. The molecule has 0 heterocycles. The third-order valence-corrected chi connectivity index (χ3v) is 5.48. The molecule has 2 rings (SSSR count). The van der Waals surface area contributed by atoms with Crippen LogP contribution in [0.4, 0.5) is 4.79 Å². The highest BCUT2D eigenvalue weighted by molar-refractivity contribution is 5.75. The summed E-state index contributed by atoms with van der Waals surface area (Å²) in [5.41, 5.74) is -0.111. The molecule has 0 saturated heterocycles. The zero-order chi connectivity index (χ0) is 15.5. The Labute approximate surface area is 126 Å². The second-order valence-corrected chi connectivity index (χ2v) is 7.05. The molecule has 2 fully saturated rings. The molecule has 3 N–H and O–H groups in total. The standard InChI is InChI=1S/C16H28N2O3/c1-11-5-3-4-10-16(11,2)18-15(21)17-13-8-6-12(7-9-13)14(19)20/h11-13H,3-10H2,1-2H3,(H,19,20)(H2,17,18,21).